The maximum absolute atomic E-state index is 12.4. The molecule has 0 amide bonds. The van der Waals surface area contributed by atoms with Gasteiger partial charge in [-0.05, 0) is 36.8 Å². The molecule has 0 saturated heterocycles. The first-order chi connectivity index (χ1) is 12.6. The molecule has 4 rings (SSSR count). The van der Waals surface area contributed by atoms with E-state index in [1.54, 1.807) is 42.6 Å². The van der Waals surface area contributed by atoms with E-state index in [2.05, 4.69) is 15.6 Å². The van der Waals surface area contributed by atoms with Crippen molar-refractivity contribution in [3.63, 3.8) is 0 Å². The maximum atomic E-state index is 12.4. The van der Waals surface area contributed by atoms with Crippen LogP contribution in [0.5, 0.6) is 0 Å². The van der Waals surface area contributed by atoms with Crippen molar-refractivity contribution in [1.29, 1.82) is 0 Å². The van der Waals surface area contributed by atoms with Crippen molar-refractivity contribution < 1.29 is 9.90 Å². The molecule has 2 aromatic heterocycles. The van der Waals surface area contributed by atoms with Crippen LogP contribution in [0.1, 0.15) is 27.7 Å². The van der Waals surface area contributed by atoms with Crippen molar-refractivity contribution >= 4 is 16.7 Å². The molecule has 0 saturated carbocycles. The number of rotatable bonds is 4. The number of aryl methyl sites for hydroxylation is 1. The fourth-order valence-corrected chi connectivity index (χ4v) is 3.25. The Morgan fingerprint density at radius 2 is 1.77 bits per heavy atom. The molecular formula is C22H18N2O2. The lowest BCUT2D eigenvalue weighted by molar-refractivity contribution is 0.0747. The molecule has 2 aromatic carbocycles. The van der Waals surface area contributed by atoms with Crippen molar-refractivity contribution in [1.82, 2.24) is 9.55 Å². The summed E-state index contributed by atoms with van der Waals surface area (Å²) in [5, 5.41) is 11.5. The molecule has 1 N–H and O–H groups in total. The number of pyridine rings is 1. The third-order valence-electron chi connectivity index (χ3n) is 4.56. The highest BCUT2D eigenvalue weighted by Gasteiger charge is 2.19. The van der Waals surface area contributed by atoms with Gasteiger partial charge in [-0.15, -0.1) is 0 Å². The van der Waals surface area contributed by atoms with Gasteiger partial charge >= 0.3 is 0 Å². The zero-order valence-electron chi connectivity index (χ0n) is 14.3. The van der Waals surface area contributed by atoms with Crippen molar-refractivity contribution in [3.8, 4) is 5.69 Å². The Hall–Kier alpha value is -3.24. The lowest BCUT2D eigenvalue weighted by atomic mass is 10.00. The number of aliphatic hydroxyl groups is 1. The Kier molecular flexibility index (Phi) is 4.11. The van der Waals surface area contributed by atoms with Crippen molar-refractivity contribution in [3.05, 3.63) is 95.9 Å². The van der Waals surface area contributed by atoms with Crippen molar-refractivity contribution in [2.24, 2.45) is 0 Å². The molecule has 0 spiro atoms. The van der Waals surface area contributed by atoms with E-state index < -0.39 is 6.10 Å². The zero-order chi connectivity index (χ0) is 18.1. The monoisotopic (exact) mass is 342 g/mol. The highest BCUT2D eigenvalue weighted by atomic mass is 16.3. The van der Waals surface area contributed by atoms with Crippen LogP contribution in [-0.2, 0) is 0 Å². The summed E-state index contributed by atoms with van der Waals surface area (Å²) in [7, 11) is 0. The van der Waals surface area contributed by atoms with Crippen LogP contribution in [0, 0.1) is 6.92 Å². The van der Waals surface area contributed by atoms with Gasteiger partial charge in [0.15, 0.2) is 5.78 Å². The van der Waals surface area contributed by atoms with E-state index in [9.17, 15) is 9.90 Å². The first-order valence-corrected chi connectivity index (χ1v) is 8.45. The van der Waals surface area contributed by atoms with E-state index in [0.29, 0.717) is 11.1 Å². The first kappa shape index (κ1) is 16.2. The summed E-state index contributed by atoms with van der Waals surface area (Å²) < 4.78 is 2.11. The fourth-order valence-electron chi connectivity index (χ4n) is 3.25. The van der Waals surface area contributed by atoms with E-state index >= 15 is 0 Å². The molecule has 2 heterocycles. The van der Waals surface area contributed by atoms with Crippen LogP contribution in [0.15, 0.2) is 79.1 Å². The van der Waals surface area contributed by atoms with Crippen LogP contribution >= 0.6 is 0 Å². The number of hydrogen-bond donors (Lipinski definition) is 1. The van der Waals surface area contributed by atoms with Crippen LogP contribution in [0.3, 0.4) is 0 Å². The second kappa shape index (κ2) is 6.58. The smallest absolute Gasteiger partial charge is 0.195 e. The van der Waals surface area contributed by atoms with Crippen LogP contribution in [0.25, 0.3) is 16.6 Å². The maximum Gasteiger partial charge on any atom is 0.195 e. The summed E-state index contributed by atoms with van der Waals surface area (Å²) in [6, 6.07) is 20.3. The molecule has 1 atom stereocenters. The van der Waals surface area contributed by atoms with Gasteiger partial charge < -0.3 is 9.67 Å². The molecule has 0 fully saturated rings. The molecular weight excluding hydrogens is 324 g/mol. The van der Waals surface area contributed by atoms with Gasteiger partial charge in [0.2, 0.25) is 0 Å². The second-order valence-electron chi connectivity index (χ2n) is 6.28. The summed E-state index contributed by atoms with van der Waals surface area (Å²) in [4.78, 5) is 16.6. The fraction of sp³-hybridized carbons (Fsp3) is 0.0909. The van der Waals surface area contributed by atoms with Crippen LogP contribution in [-0.4, -0.2) is 20.4 Å². The quantitative estimate of drug-likeness (QED) is 0.564. The molecule has 4 nitrogen and oxygen atoms in total. The molecule has 0 bridgehead atoms. The lowest BCUT2D eigenvalue weighted by Crippen LogP contribution is -2.12. The van der Waals surface area contributed by atoms with Crippen LogP contribution in [0.4, 0.5) is 0 Å². The summed E-state index contributed by atoms with van der Waals surface area (Å²) in [6.07, 6.45) is 2.45. The molecule has 0 radical (unpaired) electrons. The largest absolute Gasteiger partial charge is 0.380 e. The number of carbonyl (C=O) groups excluding carboxylic acids is 1. The summed E-state index contributed by atoms with van der Waals surface area (Å²) in [5.74, 6) is -0.301. The molecule has 0 aliphatic carbocycles. The Morgan fingerprint density at radius 1 is 1.04 bits per heavy atom. The van der Waals surface area contributed by atoms with Crippen LogP contribution in [0.2, 0.25) is 0 Å². The zero-order valence-corrected chi connectivity index (χ0v) is 14.3. The predicted octanol–water partition coefficient (Wildman–Crippen LogP) is 4.25. The van der Waals surface area contributed by atoms with E-state index in [4.69, 9.17) is 0 Å². The Balaban J connectivity index is 1.66. The van der Waals surface area contributed by atoms with Crippen LogP contribution < -0.4 is 0 Å². The minimum Gasteiger partial charge on any atom is -0.380 e. The number of Topliss-reactive ketones (excluding diaryl/α,β-unsaturated/α-hetero) is 1. The van der Waals surface area contributed by atoms with Crippen molar-refractivity contribution in [2.75, 3.05) is 0 Å². The van der Waals surface area contributed by atoms with Gasteiger partial charge in [-0.2, -0.15) is 0 Å². The lowest BCUT2D eigenvalue weighted by Gasteiger charge is -2.13. The third-order valence-corrected chi connectivity index (χ3v) is 4.56. The highest BCUT2D eigenvalue weighted by Crippen LogP contribution is 2.25. The molecule has 128 valence electrons. The number of ketones is 1. The van der Waals surface area contributed by atoms with Gasteiger partial charge in [-0.25, -0.2) is 0 Å². The number of nitrogens with zero attached hydrogens (tertiary/aromatic N) is 2. The Bertz CT molecular complexity index is 1070. The first-order valence-electron chi connectivity index (χ1n) is 8.45. The average Bonchev–Trinajstić information content (AvgIpc) is 3.03. The number of aromatic nitrogens is 2. The molecule has 4 aromatic rings. The Morgan fingerprint density at radius 3 is 2.50 bits per heavy atom. The summed E-state index contributed by atoms with van der Waals surface area (Å²) >= 11 is 0. The predicted molar refractivity (Wildman–Crippen MR) is 102 cm³/mol. The molecule has 26 heavy (non-hydrogen) atoms. The molecule has 4 heteroatoms. The van der Waals surface area contributed by atoms with Gasteiger partial charge in [-0.1, -0.05) is 42.5 Å². The highest BCUT2D eigenvalue weighted by molar-refractivity contribution is 5.99. The van der Waals surface area contributed by atoms with E-state index in [1.807, 2.05) is 37.4 Å². The molecule has 0 aliphatic heterocycles. The number of aliphatic hydroxyl groups excluding tert-OH is 1. The topological polar surface area (TPSA) is 55.1 Å². The Labute approximate surface area is 151 Å². The third kappa shape index (κ3) is 2.80. The van der Waals surface area contributed by atoms with E-state index in [-0.39, 0.29) is 5.78 Å². The summed E-state index contributed by atoms with van der Waals surface area (Å²) in [5.41, 5.74) is 4.17. The SMILES string of the molecule is Cc1cc2ccncc2n1-c1ccc(C(O)C(=O)c2ccccc2)cc1. The van der Waals surface area contributed by atoms with Crippen molar-refractivity contribution in [2.45, 2.75) is 13.0 Å². The minimum atomic E-state index is -1.17. The van der Waals surface area contributed by atoms with E-state index in [0.717, 1.165) is 22.3 Å². The molecule has 1 unspecified atom stereocenters. The standard InChI is InChI=1S/C22H18N2O2/c1-15-13-18-11-12-23-14-20(18)24(15)19-9-7-17(8-10-19)22(26)21(25)16-5-3-2-4-6-16/h2-14,22,26H,1H3. The van der Waals surface area contributed by atoms with E-state index in [1.165, 1.54) is 0 Å². The number of fused-ring (bicyclic) bond motifs is 1. The minimum absolute atomic E-state index is 0.301. The normalized spacial score (nSPS) is 12.2. The molecule has 0 aliphatic rings. The number of benzene rings is 2. The van der Waals surface area contributed by atoms with Gasteiger partial charge in [0.05, 0.1) is 11.7 Å². The average molecular weight is 342 g/mol. The second-order valence-corrected chi connectivity index (χ2v) is 6.28. The summed E-state index contributed by atoms with van der Waals surface area (Å²) in [6.45, 7) is 2.04. The number of carbonyl (C=O) groups is 1. The van der Waals surface area contributed by atoms with Gasteiger partial charge in [0.25, 0.3) is 0 Å². The van der Waals surface area contributed by atoms with Gasteiger partial charge in [0, 0.05) is 28.5 Å². The number of hydrogen-bond acceptors (Lipinski definition) is 3. The van der Waals surface area contributed by atoms with Gasteiger partial charge in [0.1, 0.15) is 6.10 Å². The van der Waals surface area contributed by atoms with Gasteiger partial charge in [-0.3, -0.25) is 9.78 Å².